The molecule has 4 heteroatoms. The Balaban J connectivity index is 1.61. The third kappa shape index (κ3) is 2.71. The quantitative estimate of drug-likeness (QED) is 0.765. The number of allylic oxidation sites excluding steroid dienone is 1. The molecule has 24 heavy (non-hydrogen) atoms. The van der Waals surface area contributed by atoms with Crippen molar-refractivity contribution in [3.05, 3.63) is 72.4 Å². The Hall–Kier alpha value is -2.88. The lowest BCUT2D eigenvalue weighted by atomic mass is 10.1. The Bertz CT molecular complexity index is 894. The minimum Gasteiger partial charge on any atom is -0.358 e. The first kappa shape index (κ1) is 14.7. The van der Waals surface area contributed by atoms with Crippen molar-refractivity contribution in [1.29, 1.82) is 0 Å². The van der Waals surface area contributed by atoms with Crippen LogP contribution in [0.5, 0.6) is 0 Å². The molecule has 1 unspecified atom stereocenters. The molecule has 0 saturated carbocycles. The number of aromatic nitrogens is 2. The lowest BCUT2D eigenvalue weighted by Crippen LogP contribution is -2.31. The van der Waals surface area contributed by atoms with Gasteiger partial charge in [0, 0.05) is 17.3 Å². The molecule has 2 heterocycles. The maximum atomic E-state index is 4.55. The summed E-state index contributed by atoms with van der Waals surface area (Å²) in [7, 11) is 0. The fraction of sp³-hybridized carbons (Fsp3) is 0.200. The molecule has 0 spiro atoms. The third-order valence-corrected chi connectivity index (χ3v) is 4.48. The smallest absolute Gasteiger partial charge is 0.148 e. The maximum Gasteiger partial charge on any atom is 0.148 e. The molecular formula is C20H20N4. The molecule has 0 bridgehead atoms. The summed E-state index contributed by atoms with van der Waals surface area (Å²) < 4.78 is 2.04. The Labute approximate surface area is 141 Å². The van der Waals surface area contributed by atoms with Crippen molar-refractivity contribution >= 4 is 22.8 Å². The van der Waals surface area contributed by atoms with Gasteiger partial charge in [-0.3, -0.25) is 9.67 Å². The van der Waals surface area contributed by atoms with Gasteiger partial charge in [-0.1, -0.05) is 37.3 Å². The van der Waals surface area contributed by atoms with Crippen molar-refractivity contribution < 1.29 is 0 Å². The van der Waals surface area contributed by atoms with E-state index in [0.29, 0.717) is 0 Å². The Morgan fingerprint density at radius 1 is 1.12 bits per heavy atom. The molecule has 120 valence electrons. The average molecular weight is 316 g/mol. The van der Waals surface area contributed by atoms with Gasteiger partial charge in [0.25, 0.3) is 0 Å². The molecule has 4 rings (SSSR count). The molecule has 0 radical (unpaired) electrons. The van der Waals surface area contributed by atoms with E-state index in [4.69, 9.17) is 0 Å². The molecule has 4 nitrogen and oxygen atoms in total. The van der Waals surface area contributed by atoms with Gasteiger partial charge in [0.1, 0.15) is 5.66 Å². The van der Waals surface area contributed by atoms with Crippen molar-refractivity contribution in [1.82, 2.24) is 9.78 Å². The monoisotopic (exact) mass is 316 g/mol. The Morgan fingerprint density at radius 3 is 2.75 bits per heavy atom. The molecule has 0 aliphatic carbocycles. The predicted molar refractivity (Wildman–Crippen MR) is 99.6 cm³/mol. The lowest BCUT2D eigenvalue weighted by molar-refractivity contribution is 0.595. The molecule has 0 amide bonds. The second-order valence-electron chi connectivity index (χ2n) is 6.10. The summed E-state index contributed by atoms with van der Waals surface area (Å²) in [5, 5.41) is 9.21. The van der Waals surface area contributed by atoms with E-state index in [1.54, 1.807) is 0 Å². The van der Waals surface area contributed by atoms with Crippen molar-refractivity contribution in [3.63, 3.8) is 0 Å². The SMILES string of the molecule is CCC1(Nc2ccc3c(cnn3Cc3ccccc3)c2)C=CC=N1. The summed E-state index contributed by atoms with van der Waals surface area (Å²) in [5.41, 5.74) is 3.14. The van der Waals surface area contributed by atoms with Gasteiger partial charge in [0.2, 0.25) is 0 Å². The van der Waals surface area contributed by atoms with Crippen molar-refractivity contribution in [2.45, 2.75) is 25.6 Å². The van der Waals surface area contributed by atoms with Gasteiger partial charge in [0.05, 0.1) is 18.3 Å². The highest BCUT2D eigenvalue weighted by molar-refractivity contribution is 5.83. The van der Waals surface area contributed by atoms with Crippen LogP contribution in [0.15, 0.2) is 71.9 Å². The third-order valence-electron chi connectivity index (χ3n) is 4.48. The first-order valence-corrected chi connectivity index (χ1v) is 8.29. The number of hydrogen-bond acceptors (Lipinski definition) is 3. The highest BCUT2D eigenvalue weighted by atomic mass is 15.3. The first-order chi connectivity index (χ1) is 11.8. The van der Waals surface area contributed by atoms with Gasteiger partial charge >= 0.3 is 0 Å². The highest BCUT2D eigenvalue weighted by Crippen LogP contribution is 2.27. The van der Waals surface area contributed by atoms with E-state index in [1.165, 1.54) is 5.56 Å². The number of fused-ring (bicyclic) bond motifs is 1. The van der Waals surface area contributed by atoms with Gasteiger partial charge in [-0.25, -0.2) is 0 Å². The fourth-order valence-electron chi connectivity index (χ4n) is 3.09. The van der Waals surface area contributed by atoms with Crippen LogP contribution in [0.2, 0.25) is 0 Å². The van der Waals surface area contributed by atoms with Crippen LogP contribution in [-0.2, 0) is 6.54 Å². The predicted octanol–water partition coefficient (Wildman–Crippen LogP) is 4.24. The highest BCUT2D eigenvalue weighted by Gasteiger charge is 2.25. The summed E-state index contributed by atoms with van der Waals surface area (Å²) in [6.45, 7) is 2.92. The molecule has 1 N–H and O–H groups in total. The van der Waals surface area contributed by atoms with E-state index >= 15 is 0 Å². The molecule has 1 atom stereocenters. The molecule has 2 aromatic carbocycles. The van der Waals surface area contributed by atoms with Crippen molar-refractivity contribution in [3.8, 4) is 0 Å². The van der Waals surface area contributed by atoms with Gasteiger partial charge in [-0.2, -0.15) is 5.10 Å². The van der Waals surface area contributed by atoms with Crippen LogP contribution in [0, 0.1) is 0 Å². The van der Waals surface area contributed by atoms with Crippen LogP contribution in [0.1, 0.15) is 18.9 Å². The zero-order valence-electron chi connectivity index (χ0n) is 13.7. The normalized spacial score (nSPS) is 19.2. The zero-order chi connectivity index (χ0) is 16.4. The molecular weight excluding hydrogens is 296 g/mol. The number of hydrogen-bond donors (Lipinski definition) is 1. The topological polar surface area (TPSA) is 42.2 Å². The molecule has 1 aromatic heterocycles. The second-order valence-corrected chi connectivity index (χ2v) is 6.10. The number of benzene rings is 2. The lowest BCUT2D eigenvalue weighted by Gasteiger charge is -2.25. The number of aliphatic imine (C=N–C) groups is 1. The Morgan fingerprint density at radius 2 is 2.00 bits per heavy atom. The number of anilines is 1. The van der Waals surface area contributed by atoms with Crippen molar-refractivity contribution in [2.24, 2.45) is 4.99 Å². The first-order valence-electron chi connectivity index (χ1n) is 8.29. The van der Waals surface area contributed by atoms with Gasteiger partial charge in [0.15, 0.2) is 0 Å². The van der Waals surface area contributed by atoms with Gasteiger partial charge in [-0.15, -0.1) is 0 Å². The van der Waals surface area contributed by atoms with E-state index in [0.717, 1.165) is 29.6 Å². The van der Waals surface area contributed by atoms with E-state index in [2.05, 4.69) is 70.9 Å². The molecule has 1 aliphatic rings. The summed E-state index contributed by atoms with van der Waals surface area (Å²) in [6, 6.07) is 16.8. The summed E-state index contributed by atoms with van der Waals surface area (Å²) in [4.78, 5) is 4.55. The fourth-order valence-corrected chi connectivity index (χ4v) is 3.09. The van der Waals surface area contributed by atoms with Gasteiger partial charge in [-0.05, 0) is 42.3 Å². The molecule has 0 fully saturated rings. The van der Waals surface area contributed by atoms with Crippen LogP contribution in [-0.4, -0.2) is 21.7 Å². The number of nitrogens with one attached hydrogen (secondary N) is 1. The summed E-state index contributed by atoms with van der Waals surface area (Å²) in [5.74, 6) is 0. The van der Waals surface area contributed by atoms with Crippen LogP contribution in [0.3, 0.4) is 0 Å². The zero-order valence-corrected chi connectivity index (χ0v) is 13.7. The van der Waals surface area contributed by atoms with Crippen molar-refractivity contribution in [2.75, 3.05) is 5.32 Å². The second kappa shape index (κ2) is 5.96. The number of rotatable bonds is 5. The minimum atomic E-state index is -0.312. The largest absolute Gasteiger partial charge is 0.358 e. The van der Waals surface area contributed by atoms with E-state index in [1.807, 2.05) is 29.2 Å². The standard InChI is InChI=1S/C20H20N4/c1-2-20(11-6-12-21-20)23-18-9-10-19-17(13-18)14-22-24(19)15-16-7-4-3-5-8-16/h3-14,23H,2,15H2,1H3. The number of nitrogens with zero attached hydrogens (tertiary/aromatic N) is 3. The van der Waals surface area contributed by atoms with Gasteiger partial charge < -0.3 is 5.32 Å². The van der Waals surface area contributed by atoms with Crippen LogP contribution >= 0.6 is 0 Å². The molecule has 3 aromatic rings. The maximum absolute atomic E-state index is 4.55. The summed E-state index contributed by atoms with van der Waals surface area (Å²) in [6.07, 6.45) is 8.79. The van der Waals surface area contributed by atoms with Crippen LogP contribution in [0.4, 0.5) is 5.69 Å². The van der Waals surface area contributed by atoms with Crippen LogP contribution in [0.25, 0.3) is 10.9 Å². The molecule has 0 saturated heterocycles. The minimum absolute atomic E-state index is 0.312. The summed E-state index contributed by atoms with van der Waals surface area (Å²) >= 11 is 0. The Kier molecular flexibility index (Phi) is 3.65. The average Bonchev–Trinajstić information content (AvgIpc) is 3.24. The molecule has 1 aliphatic heterocycles. The van der Waals surface area contributed by atoms with Crippen LogP contribution < -0.4 is 5.32 Å². The van der Waals surface area contributed by atoms with E-state index in [9.17, 15) is 0 Å². The van der Waals surface area contributed by atoms with E-state index in [-0.39, 0.29) is 5.66 Å². The van der Waals surface area contributed by atoms with E-state index < -0.39 is 0 Å².